The van der Waals surface area contributed by atoms with Gasteiger partial charge in [0.15, 0.2) is 11.5 Å². The average Bonchev–Trinajstić information content (AvgIpc) is 3.06. The summed E-state index contributed by atoms with van der Waals surface area (Å²) in [6, 6.07) is 14.0. The summed E-state index contributed by atoms with van der Waals surface area (Å²) in [5.74, 6) is 1.55. The maximum atomic E-state index is 9.19. The van der Waals surface area contributed by atoms with Gasteiger partial charge in [0, 0.05) is 24.8 Å². The summed E-state index contributed by atoms with van der Waals surface area (Å²) in [6.07, 6.45) is 0.0339. The lowest BCUT2D eigenvalue weighted by Gasteiger charge is -2.30. The lowest BCUT2D eigenvalue weighted by molar-refractivity contribution is 0.0672. The Morgan fingerprint density at radius 2 is 2.00 bits per heavy atom. The fourth-order valence-corrected chi connectivity index (χ4v) is 3.23. The van der Waals surface area contributed by atoms with Crippen LogP contribution in [0.1, 0.15) is 29.7 Å². The molecule has 2 heterocycles. The first kappa shape index (κ1) is 14.9. The zero-order chi connectivity index (χ0) is 16.5. The quantitative estimate of drug-likeness (QED) is 0.805. The molecule has 24 heavy (non-hydrogen) atoms. The van der Waals surface area contributed by atoms with Gasteiger partial charge in [-0.25, -0.2) is 0 Å². The van der Waals surface area contributed by atoms with Crippen LogP contribution < -0.4 is 14.4 Å². The summed E-state index contributed by atoms with van der Waals surface area (Å²) >= 11 is 0. The van der Waals surface area contributed by atoms with Crippen molar-refractivity contribution in [1.29, 1.82) is 5.26 Å². The van der Waals surface area contributed by atoms with E-state index in [-0.39, 0.29) is 12.9 Å². The van der Waals surface area contributed by atoms with Crippen LogP contribution in [0.15, 0.2) is 36.4 Å². The molecule has 0 aromatic heterocycles. The number of hydrogen-bond acceptors (Lipinski definition) is 5. The third kappa shape index (κ3) is 2.66. The molecule has 0 N–H and O–H groups in total. The van der Waals surface area contributed by atoms with E-state index in [4.69, 9.17) is 14.2 Å². The van der Waals surface area contributed by atoms with E-state index >= 15 is 0 Å². The molecule has 0 radical (unpaired) electrons. The molecule has 2 aliphatic heterocycles. The number of nitrogens with zero attached hydrogens (tertiary/aromatic N) is 2. The van der Waals surface area contributed by atoms with E-state index in [2.05, 4.69) is 17.9 Å². The number of fused-ring (bicyclic) bond motifs is 2. The van der Waals surface area contributed by atoms with E-state index in [1.54, 1.807) is 0 Å². The molecular weight excluding hydrogens is 304 g/mol. The standard InChI is InChI=1S/C19H18N2O3/c1-13-17-4-2-14(10-20)8-15(17)11-21(6-7-22-13)16-3-5-18-19(9-16)24-12-23-18/h2-5,8-9,13H,6-7,11-12H2,1H3. The number of rotatable bonds is 1. The Kier molecular flexibility index (Phi) is 3.75. The number of nitriles is 1. The first-order valence-corrected chi connectivity index (χ1v) is 8.04. The fraction of sp³-hybridized carbons (Fsp3) is 0.316. The maximum Gasteiger partial charge on any atom is 0.231 e. The minimum absolute atomic E-state index is 0.0339. The van der Waals surface area contributed by atoms with E-state index in [1.807, 2.05) is 36.4 Å². The number of hydrogen-bond donors (Lipinski definition) is 0. The second-order valence-electron chi connectivity index (χ2n) is 6.00. The third-order valence-electron chi connectivity index (χ3n) is 4.52. The Morgan fingerprint density at radius 1 is 1.12 bits per heavy atom. The Balaban J connectivity index is 1.70. The molecule has 5 nitrogen and oxygen atoms in total. The topological polar surface area (TPSA) is 54.7 Å². The van der Waals surface area contributed by atoms with Gasteiger partial charge < -0.3 is 19.1 Å². The molecule has 0 bridgehead atoms. The Hall–Kier alpha value is -2.71. The molecule has 2 aromatic rings. The lowest BCUT2D eigenvalue weighted by Crippen LogP contribution is -2.30. The molecule has 0 saturated heterocycles. The van der Waals surface area contributed by atoms with E-state index in [9.17, 15) is 5.26 Å². The summed E-state index contributed by atoms with van der Waals surface area (Å²) in [7, 11) is 0. The normalized spacial score (nSPS) is 19.2. The van der Waals surface area contributed by atoms with Gasteiger partial charge in [-0.1, -0.05) is 6.07 Å². The van der Waals surface area contributed by atoms with Crippen LogP contribution in [-0.2, 0) is 11.3 Å². The summed E-state index contributed by atoms with van der Waals surface area (Å²) in [5, 5.41) is 9.19. The van der Waals surface area contributed by atoms with Crippen molar-refractivity contribution in [2.24, 2.45) is 0 Å². The first-order valence-electron chi connectivity index (χ1n) is 8.04. The average molecular weight is 322 g/mol. The number of ether oxygens (including phenoxy) is 3. The Bertz CT molecular complexity index is 813. The molecule has 0 spiro atoms. The van der Waals surface area contributed by atoms with Gasteiger partial charge in [-0.15, -0.1) is 0 Å². The van der Waals surface area contributed by atoms with Gasteiger partial charge in [0.2, 0.25) is 6.79 Å². The summed E-state index contributed by atoms with van der Waals surface area (Å²) in [4.78, 5) is 2.24. The second kappa shape index (κ2) is 6.06. The molecule has 1 atom stereocenters. The van der Waals surface area contributed by atoms with Crippen molar-refractivity contribution in [3.8, 4) is 17.6 Å². The molecule has 0 fully saturated rings. The van der Waals surface area contributed by atoms with E-state index in [0.717, 1.165) is 41.4 Å². The largest absolute Gasteiger partial charge is 0.454 e. The molecule has 4 rings (SSSR count). The summed E-state index contributed by atoms with van der Waals surface area (Å²) in [6.45, 7) is 4.49. The zero-order valence-electron chi connectivity index (χ0n) is 13.5. The monoisotopic (exact) mass is 322 g/mol. The Labute approximate surface area is 141 Å². The van der Waals surface area contributed by atoms with Crippen molar-refractivity contribution >= 4 is 5.69 Å². The van der Waals surface area contributed by atoms with Crippen LogP contribution in [0.3, 0.4) is 0 Å². The van der Waals surface area contributed by atoms with Crippen molar-refractivity contribution < 1.29 is 14.2 Å². The van der Waals surface area contributed by atoms with Crippen LogP contribution in [0.2, 0.25) is 0 Å². The first-order chi connectivity index (χ1) is 11.7. The van der Waals surface area contributed by atoms with Crippen LogP contribution in [-0.4, -0.2) is 19.9 Å². The van der Waals surface area contributed by atoms with Crippen LogP contribution in [0.4, 0.5) is 5.69 Å². The zero-order valence-corrected chi connectivity index (χ0v) is 13.5. The van der Waals surface area contributed by atoms with Crippen molar-refractivity contribution in [3.05, 3.63) is 53.1 Å². The van der Waals surface area contributed by atoms with Gasteiger partial charge in [0.05, 0.1) is 24.3 Å². The van der Waals surface area contributed by atoms with Gasteiger partial charge in [-0.2, -0.15) is 5.26 Å². The highest BCUT2D eigenvalue weighted by Crippen LogP contribution is 2.36. The summed E-state index contributed by atoms with van der Waals surface area (Å²) < 4.78 is 16.8. The van der Waals surface area contributed by atoms with Crippen LogP contribution in [0, 0.1) is 11.3 Å². The number of benzene rings is 2. The molecule has 0 saturated carbocycles. The molecule has 1 unspecified atom stereocenters. The third-order valence-corrected chi connectivity index (χ3v) is 4.52. The van der Waals surface area contributed by atoms with Crippen LogP contribution in [0.5, 0.6) is 11.5 Å². The highest BCUT2D eigenvalue weighted by Gasteiger charge is 2.21. The smallest absolute Gasteiger partial charge is 0.231 e. The van der Waals surface area contributed by atoms with E-state index in [0.29, 0.717) is 12.2 Å². The lowest BCUT2D eigenvalue weighted by atomic mass is 9.99. The SMILES string of the molecule is CC1OCCN(c2ccc3c(c2)OCO3)Cc2cc(C#N)ccc21. The van der Waals surface area contributed by atoms with Crippen molar-refractivity contribution in [2.45, 2.75) is 19.6 Å². The van der Waals surface area contributed by atoms with Gasteiger partial charge in [0.1, 0.15) is 0 Å². The molecule has 0 amide bonds. The predicted molar refractivity (Wildman–Crippen MR) is 89.1 cm³/mol. The van der Waals surface area contributed by atoms with E-state index in [1.165, 1.54) is 0 Å². The molecule has 2 aliphatic rings. The van der Waals surface area contributed by atoms with Crippen LogP contribution >= 0.6 is 0 Å². The van der Waals surface area contributed by atoms with E-state index < -0.39 is 0 Å². The van der Waals surface area contributed by atoms with Crippen molar-refractivity contribution in [2.75, 3.05) is 24.8 Å². The molecule has 2 aromatic carbocycles. The predicted octanol–water partition coefficient (Wildman–Crippen LogP) is 3.38. The second-order valence-corrected chi connectivity index (χ2v) is 6.00. The van der Waals surface area contributed by atoms with Gasteiger partial charge in [-0.3, -0.25) is 0 Å². The Morgan fingerprint density at radius 3 is 2.88 bits per heavy atom. The van der Waals surface area contributed by atoms with Gasteiger partial charge >= 0.3 is 0 Å². The van der Waals surface area contributed by atoms with Gasteiger partial charge in [-0.05, 0) is 42.3 Å². The minimum Gasteiger partial charge on any atom is -0.454 e. The highest BCUT2D eigenvalue weighted by molar-refractivity contribution is 5.58. The number of anilines is 1. The van der Waals surface area contributed by atoms with Crippen molar-refractivity contribution in [1.82, 2.24) is 0 Å². The molecular formula is C19H18N2O3. The molecule has 122 valence electrons. The maximum absolute atomic E-state index is 9.19. The molecule has 0 aliphatic carbocycles. The summed E-state index contributed by atoms with van der Waals surface area (Å²) in [5.41, 5.74) is 4.00. The van der Waals surface area contributed by atoms with Gasteiger partial charge in [0.25, 0.3) is 0 Å². The van der Waals surface area contributed by atoms with Crippen molar-refractivity contribution in [3.63, 3.8) is 0 Å². The molecule has 5 heteroatoms. The fourth-order valence-electron chi connectivity index (χ4n) is 3.23. The minimum atomic E-state index is 0.0339. The highest BCUT2D eigenvalue weighted by atomic mass is 16.7. The van der Waals surface area contributed by atoms with Crippen LogP contribution in [0.25, 0.3) is 0 Å².